The molecule has 0 amide bonds. The number of hydrogen-bond acceptors (Lipinski definition) is 4. The normalized spacial score (nSPS) is 10.4. The van der Waals surface area contributed by atoms with Crippen LogP contribution in [0.2, 0.25) is 0 Å². The Kier molecular flexibility index (Phi) is 3.84. The Morgan fingerprint density at radius 1 is 1.22 bits per heavy atom. The van der Waals surface area contributed by atoms with Gasteiger partial charge >= 0.3 is 0 Å². The number of benzene rings is 1. The van der Waals surface area contributed by atoms with Gasteiger partial charge < -0.3 is 11.1 Å². The Morgan fingerprint density at radius 2 is 1.94 bits per heavy atom. The van der Waals surface area contributed by atoms with Crippen LogP contribution in [0.1, 0.15) is 18.2 Å². The van der Waals surface area contributed by atoms with Crippen LogP contribution < -0.4 is 11.1 Å². The molecule has 0 fully saturated rings. The lowest BCUT2D eigenvalue weighted by Crippen LogP contribution is -2.03. The molecule has 3 N–H and O–H groups in total. The molecule has 0 saturated carbocycles. The molecule has 94 valence electrons. The van der Waals surface area contributed by atoms with Crippen molar-refractivity contribution in [1.82, 2.24) is 9.97 Å². The molecule has 1 heterocycles. The van der Waals surface area contributed by atoms with E-state index in [1.807, 2.05) is 31.2 Å². The second-order valence-corrected chi connectivity index (χ2v) is 3.86. The summed E-state index contributed by atoms with van der Waals surface area (Å²) in [6.07, 6.45) is 1.90. The summed E-state index contributed by atoms with van der Waals surface area (Å²) >= 11 is 0. The standard InChI is InChI=1S/C13H15FN4/c1-2-11-12(14)13(17-8-16-11)18-10-5-3-9(7-15)4-6-10/h3-6,8H,2,7,15H2,1H3,(H,16,17,18). The molecule has 0 aliphatic rings. The van der Waals surface area contributed by atoms with Crippen LogP contribution in [0.15, 0.2) is 30.6 Å². The number of aryl methyl sites for hydroxylation is 1. The molecule has 5 heteroatoms. The zero-order valence-corrected chi connectivity index (χ0v) is 10.2. The molecule has 2 aromatic rings. The Labute approximate surface area is 105 Å². The number of aromatic nitrogens is 2. The minimum absolute atomic E-state index is 0.197. The smallest absolute Gasteiger partial charge is 0.187 e. The third-order valence-corrected chi connectivity index (χ3v) is 2.65. The van der Waals surface area contributed by atoms with Gasteiger partial charge in [-0.15, -0.1) is 0 Å². The van der Waals surface area contributed by atoms with Crippen LogP contribution in [0, 0.1) is 5.82 Å². The molecule has 2 rings (SSSR count). The van der Waals surface area contributed by atoms with Crippen molar-refractivity contribution < 1.29 is 4.39 Å². The van der Waals surface area contributed by atoms with Crippen molar-refractivity contribution in [2.24, 2.45) is 5.73 Å². The SMILES string of the molecule is CCc1ncnc(Nc2ccc(CN)cc2)c1F. The summed E-state index contributed by atoms with van der Waals surface area (Å²) in [4.78, 5) is 7.79. The van der Waals surface area contributed by atoms with E-state index in [4.69, 9.17) is 5.73 Å². The first-order chi connectivity index (χ1) is 8.74. The molecule has 0 bridgehead atoms. The molecule has 0 radical (unpaired) electrons. The third-order valence-electron chi connectivity index (χ3n) is 2.65. The maximum Gasteiger partial charge on any atom is 0.187 e. The summed E-state index contributed by atoms with van der Waals surface area (Å²) in [6.45, 7) is 2.34. The molecular formula is C13H15FN4. The lowest BCUT2D eigenvalue weighted by atomic mass is 10.2. The van der Waals surface area contributed by atoms with Gasteiger partial charge in [-0.25, -0.2) is 14.4 Å². The van der Waals surface area contributed by atoms with E-state index in [-0.39, 0.29) is 5.82 Å². The van der Waals surface area contributed by atoms with Gasteiger partial charge in [0.05, 0.1) is 5.69 Å². The number of halogens is 1. The number of hydrogen-bond donors (Lipinski definition) is 2. The minimum Gasteiger partial charge on any atom is -0.338 e. The van der Waals surface area contributed by atoms with Gasteiger partial charge in [0.1, 0.15) is 6.33 Å². The van der Waals surface area contributed by atoms with Crippen LogP contribution in [0.5, 0.6) is 0 Å². The fourth-order valence-corrected chi connectivity index (χ4v) is 1.60. The van der Waals surface area contributed by atoms with E-state index in [0.29, 0.717) is 18.7 Å². The monoisotopic (exact) mass is 246 g/mol. The summed E-state index contributed by atoms with van der Waals surface area (Å²) in [6, 6.07) is 7.47. The van der Waals surface area contributed by atoms with Gasteiger partial charge in [-0.2, -0.15) is 0 Å². The lowest BCUT2D eigenvalue weighted by molar-refractivity contribution is 0.599. The van der Waals surface area contributed by atoms with E-state index in [2.05, 4.69) is 15.3 Å². The highest BCUT2D eigenvalue weighted by Gasteiger charge is 2.09. The van der Waals surface area contributed by atoms with Crippen molar-refractivity contribution >= 4 is 11.5 Å². The average molecular weight is 246 g/mol. The third kappa shape index (κ3) is 2.62. The van der Waals surface area contributed by atoms with Gasteiger partial charge in [-0.1, -0.05) is 19.1 Å². The molecule has 1 aromatic carbocycles. The van der Waals surface area contributed by atoms with Crippen LogP contribution in [-0.4, -0.2) is 9.97 Å². The predicted molar refractivity (Wildman–Crippen MR) is 69.0 cm³/mol. The Hall–Kier alpha value is -2.01. The summed E-state index contributed by atoms with van der Waals surface area (Å²) < 4.78 is 13.9. The van der Waals surface area contributed by atoms with Crippen LogP contribution in [0.4, 0.5) is 15.9 Å². The van der Waals surface area contributed by atoms with Gasteiger partial charge in [-0.3, -0.25) is 0 Å². The van der Waals surface area contributed by atoms with Crippen LogP contribution in [0.3, 0.4) is 0 Å². The zero-order chi connectivity index (χ0) is 13.0. The Bertz CT molecular complexity index is 525. The van der Waals surface area contributed by atoms with E-state index in [1.165, 1.54) is 6.33 Å². The largest absolute Gasteiger partial charge is 0.338 e. The van der Waals surface area contributed by atoms with Crippen molar-refractivity contribution in [2.45, 2.75) is 19.9 Å². The zero-order valence-electron chi connectivity index (χ0n) is 10.2. The van der Waals surface area contributed by atoms with Crippen molar-refractivity contribution in [3.63, 3.8) is 0 Å². The summed E-state index contributed by atoms with van der Waals surface area (Å²) in [5.74, 6) is -0.203. The van der Waals surface area contributed by atoms with Gasteiger partial charge in [0, 0.05) is 12.2 Å². The molecule has 0 aliphatic heterocycles. The van der Waals surface area contributed by atoms with Crippen molar-refractivity contribution in [3.8, 4) is 0 Å². The number of nitrogens with one attached hydrogen (secondary N) is 1. The van der Waals surface area contributed by atoms with Crippen molar-refractivity contribution in [3.05, 3.63) is 47.7 Å². The molecule has 0 unspecified atom stereocenters. The first-order valence-corrected chi connectivity index (χ1v) is 5.80. The fourth-order valence-electron chi connectivity index (χ4n) is 1.60. The second kappa shape index (κ2) is 5.55. The van der Waals surface area contributed by atoms with Crippen molar-refractivity contribution in [1.29, 1.82) is 0 Å². The van der Waals surface area contributed by atoms with Gasteiger partial charge in [-0.05, 0) is 24.1 Å². The van der Waals surface area contributed by atoms with Crippen LogP contribution in [-0.2, 0) is 13.0 Å². The summed E-state index contributed by atoms with van der Waals surface area (Å²) in [5, 5.41) is 2.93. The Balaban J connectivity index is 2.22. The van der Waals surface area contributed by atoms with E-state index in [0.717, 1.165) is 11.3 Å². The molecule has 0 spiro atoms. The molecule has 4 nitrogen and oxygen atoms in total. The van der Waals surface area contributed by atoms with Crippen LogP contribution >= 0.6 is 0 Å². The fraction of sp³-hybridized carbons (Fsp3) is 0.231. The quantitative estimate of drug-likeness (QED) is 0.869. The second-order valence-electron chi connectivity index (χ2n) is 3.86. The van der Waals surface area contributed by atoms with E-state index >= 15 is 0 Å². The molecule has 0 aliphatic carbocycles. The van der Waals surface area contributed by atoms with E-state index in [9.17, 15) is 4.39 Å². The van der Waals surface area contributed by atoms with Gasteiger partial charge in [0.15, 0.2) is 11.6 Å². The summed E-state index contributed by atoms with van der Waals surface area (Å²) in [5.41, 5.74) is 7.72. The Morgan fingerprint density at radius 3 is 2.56 bits per heavy atom. The highest BCUT2D eigenvalue weighted by Crippen LogP contribution is 2.19. The molecule has 1 aromatic heterocycles. The number of rotatable bonds is 4. The maximum atomic E-state index is 13.9. The van der Waals surface area contributed by atoms with E-state index in [1.54, 1.807) is 0 Å². The average Bonchev–Trinajstić information content (AvgIpc) is 2.42. The molecule has 18 heavy (non-hydrogen) atoms. The summed E-state index contributed by atoms with van der Waals surface area (Å²) in [7, 11) is 0. The number of nitrogens with two attached hydrogens (primary N) is 1. The first kappa shape index (κ1) is 12.4. The highest BCUT2D eigenvalue weighted by atomic mass is 19.1. The first-order valence-electron chi connectivity index (χ1n) is 5.80. The van der Waals surface area contributed by atoms with Gasteiger partial charge in [0.25, 0.3) is 0 Å². The predicted octanol–water partition coefficient (Wildman–Crippen LogP) is 2.38. The van der Waals surface area contributed by atoms with E-state index < -0.39 is 5.82 Å². The molecular weight excluding hydrogens is 231 g/mol. The molecule has 0 saturated heterocycles. The van der Waals surface area contributed by atoms with Crippen molar-refractivity contribution in [2.75, 3.05) is 5.32 Å². The number of anilines is 2. The molecule has 0 atom stereocenters. The lowest BCUT2D eigenvalue weighted by Gasteiger charge is -2.08. The van der Waals surface area contributed by atoms with Crippen LogP contribution in [0.25, 0.3) is 0 Å². The topological polar surface area (TPSA) is 63.8 Å². The minimum atomic E-state index is -0.400. The maximum absolute atomic E-state index is 13.9. The van der Waals surface area contributed by atoms with Gasteiger partial charge in [0.2, 0.25) is 0 Å². The number of nitrogens with zero attached hydrogens (tertiary/aromatic N) is 2. The highest BCUT2D eigenvalue weighted by molar-refractivity contribution is 5.57.